The smallest absolute Gasteiger partial charge is 0.232 e. The van der Waals surface area contributed by atoms with Gasteiger partial charge in [-0.3, -0.25) is 4.79 Å². The second-order valence-electron chi connectivity index (χ2n) is 7.44. The number of fused-ring (bicyclic) bond motifs is 2. The van der Waals surface area contributed by atoms with Crippen LogP contribution in [0.5, 0.6) is 0 Å². The van der Waals surface area contributed by atoms with Crippen molar-refractivity contribution < 1.29 is 4.79 Å². The van der Waals surface area contributed by atoms with Crippen LogP contribution in [0.4, 0.5) is 0 Å². The van der Waals surface area contributed by atoms with Gasteiger partial charge in [0.15, 0.2) is 0 Å². The van der Waals surface area contributed by atoms with Crippen molar-refractivity contribution in [3.63, 3.8) is 0 Å². The highest BCUT2D eigenvalue weighted by Crippen LogP contribution is 2.66. The number of rotatable bonds is 1. The highest BCUT2D eigenvalue weighted by atomic mass is 16.2. The van der Waals surface area contributed by atoms with Crippen LogP contribution in [0.3, 0.4) is 0 Å². The van der Waals surface area contributed by atoms with Crippen molar-refractivity contribution in [2.24, 2.45) is 22.7 Å². The van der Waals surface area contributed by atoms with E-state index in [2.05, 4.69) is 26.5 Å². The van der Waals surface area contributed by atoms with E-state index in [0.29, 0.717) is 12.5 Å². The van der Waals surface area contributed by atoms with Crippen molar-refractivity contribution in [3.05, 3.63) is 12.2 Å². The van der Waals surface area contributed by atoms with Gasteiger partial charge in [0.1, 0.15) is 0 Å². The molecule has 1 amide bonds. The van der Waals surface area contributed by atoms with E-state index >= 15 is 0 Å². The van der Waals surface area contributed by atoms with Gasteiger partial charge in [-0.1, -0.05) is 26.0 Å². The number of hydrogen-bond donors (Lipinski definition) is 0. The molecule has 0 aromatic heterocycles. The molecule has 108 valence electrons. The van der Waals surface area contributed by atoms with Crippen molar-refractivity contribution in [3.8, 4) is 6.07 Å². The lowest BCUT2D eigenvalue weighted by Crippen LogP contribution is -2.48. The lowest BCUT2D eigenvalue weighted by Gasteiger charge is -2.41. The van der Waals surface area contributed by atoms with Crippen LogP contribution in [0.2, 0.25) is 0 Å². The fraction of sp³-hybridized carbons (Fsp3) is 0.765. The number of likely N-dealkylation sites (tertiary alicyclic amines) is 1. The van der Waals surface area contributed by atoms with Gasteiger partial charge in [-0.25, -0.2) is 0 Å². The molecule has 3 nitrogen and oxygen atoms in total. The van der Waals surface area contributed by atoms with Crippen LogP contribution in [-0.2, 0) is 4.79 Å². The van der Waals surface area contributed by atoms with E-state index in [-0.39, 0.29) is 22.7 Å². The first-order valence-corrected chi connectivity index (χ1v) is 7.80. The van der Waals surface area contributed by atoms with Crippen LogP contribution in [0, 0.1) is 34.0 Å². The standard InChI is InChI=1S/C17H24N2O/c1-12-16(2,3)14-6-7-17(12,9-14)15(20)19-8-4-5-13(10-18)11-19/h13-14H,1,4-9,11H2,2-3H3. The minimum absolute atomic E-state index is 0.0176. The summed E-state index contributed by atoms with van der Waals surface area (Å²) in [5, 5.41) is 9.12. The second kappa shape index (κ2) is 4.35. The minimum atomic E-state index is -0.314. The third kappa shape index (κ3) is 1.67. The van der Waals surface area contributed by atoms with E-state index in [1.165, 1.54) is 0 Å². The molecule has 3 heteroatoms. The summed E-state index contributed by atoms with van der Waals surface area (Å²) in [6, 6.07) is 2.33. The Labute approximate surface area is 121 Å². The van der Waals surface area contributed by atoms with Crippen molar-refractivity contribution in [2.45, 2.75) is 46.0 Å². The fourth-order valence-electron chi connectivity index (χ4n) is 4.69. The predicted molar refractivity (Wildman–Crippen MR) is 77.6 cm³/mol. The van der Waals surface area contributed by atoms with Gasteiger partial charge in [0, 0.05) is 13.1 Å². The Hall–Kier alpha value is -1.30. The molecule has 2 bridgehead atoms. The Morgan fingerprint density at radius 2 is 2.20 bits per heavy atom. The number of amides is 1. The first-order chi connectivity index (χ1) is 9.41. The Kier molecular flexibility index (Phi) is 2.97. The van der Waals surface area contributed by atoms with Gasteiger partial charge in [0.25, 0.3) is 0 Å². The molecule has 1 aliphatic heterocycles. The molecule has 0 N–H and O–H groups in total. The van der Waals surface area contributed by atoms with Crippen LogP contribution < -0.4 is 0 Å². The zero-order valence-corrected chi connectivity index (χ0v) is 12.6. The van der Waals surface area contributed by atoms with Gasteiger partial charge in [0.2, 0.25) is 5.91 Å². The quantitative estimate of drug-likeness (QED) is 0.688. The summed E-state index contributed by atoms with van der Waals surface area (Å²) in [7, 11) is 0. The number of nitriles is 1. The molecule has 2 saturated carbocycles. The molecule has 20 heavy (non-hydrogen) atoms. The van der Waals surface area contributed by atoms with Gasteiger partial charge >= 0.3 is 0 Å². The summed E-state index contributed by atoms with van der Waals surface area (Å²) >= 11 is 0. The molecule has 0 spiro atoms. The number of nitrogens with zero attached hydrogens (tertiary/aromatic N) is 2. The zero-order valence-electron chi connectivity index (χ0n) is 12.6. The van der Waals surface area contributed by atoms with E-state index in [1.54, 1.807) is 0 Å². The summed E-state index contributed by atoms with van der Waals surface area (Å²) in [5.74, 6) is 0.884. The van der Waals surface area contributed by atoms with Crippen LogP contribution in [0.1, 0.15) is 46.0 Å². The first-order valence-electron chi connectivity index (χ1n) is 7.80. The first kappa shape index (κ1) is 13.7. The lowest BCUT2D eigenvalue weighted by molar-refractivity contribution is -0.141. The Morgan fingerprint density at radius 1 is 1.45 bits per heavy atom. The maximum atomic E-state index is 13.1. The van der Waals surface area contributed by atoms with Crippen LogP contribution >= 0.6 is 0 Å². The van der Waals surface area contributed by atoms with Gasteiger partial charge < -0.3 is 4.90 Å². The second-order valence-corrected chi connectivity index (χ2v) is 7.44. The van der Waals surface area contributed by atoms with E-state index in [9.17, 15) is 4.79 Å². The molecule has 3 rings (SSSR count). The number of piperidine rings is 1. The average molecular weight is 272 g/mol. The van der Waals surface area contributed by atoms with E-state index in [1.807, 2.05) is 4.90 Å². The summed E-state index contributed by atoms with van der Waals surface area (Å²) in [6.07, 6.45) is 4.98. The number of carbonyl (C=O) groups excluding carboxylic acids is 1. The molecule has 3 aliphatic rings. The van der Waals surface area contributed by atoms with Crippen molar-refractivity contribution >= 4 is 5.91 Å². The van der Waals surface area contributed by atoms with Gasteiger partial charge in [0.05, 0.1) is 17.4 Å². The maximum absolute atomic E-state index is 13.1. The zero-order chi connectivity index (χ0) is 14.5. The average Bonchev–Trinajstić information content (AvgIpc) is 2.98. The molecular weight excluding hydrogens is 248 g/mol. The van der Waals surface area contributed by atoms with Gasteiger partial charge in [-0.2, -0.15) is 5.26 Å². The Balaban J connectivity index is 1.84. The molecule has 3 atom stereocenters. The molecule has 1 saturated heterocycles. The normalized spacial score (nSPS) is 38.9. The molecule has 2 aliphatic carbocycles. The van der Waals surface area contributed by atoms with E-state index in [4.69, 9.17) is 5.26 Å². The van der Waals surface area contributed by atoms with Crippen LogP contribution in [-0.4, -0.2) is 23.9 Å². The van der Waals surface area contributed by atoms with Crippen molar-refractivity contribution in [1.29, 1.82) is 5.26 Å². The topological polar surface area (TPSA) is 44.1 Å². The fourth-order valence-corrected chi connectivity index (χ4v) is 4.69. The Morgan fingerprint density at radius 3 is 2.80 bits per heavy atom. The van der Waals surface area contributed by atoms with E-state index in [0.717, 1.165) is 44.2 Å². The number of hydrogen-bond acceptors (Lipinski definition) is 2. The largest absolute Gasteiger partial charge is 0.341 e. The Bertz CT molecular complexity index is 502. The third-order valence-electron chi connectivity index (χ3n) is 6.19. The third-order valence-corrected chi connectivity index (χ3v) is 6.19. The molecular formula is C17H24N2O. The summed E-state index contributed by atoms with van der Waals surface area (Å²) in [4.78, 5) is 15.0. The van der Waals surface area contributed by atoms with Crippen molar-refractivity contribution in [1.82, 2.24) is 4.90 Å². The maximum Gasteiger partial charge on any atom is 0.232 e. The summed E-state index contributed by atoms with van der Waals surface area (Å²) in [5.41, 5.74) is 0.925. The molecule has 3 unspecified atom stereocenters. The van der Waals surface area contributed by atoms with Gasteiger partial charge in [-0.05, 0) is 43.4 Å². The summed E-state index contributed by atoms with van der Waals surface area (Å²) < 4.78 is 0. The monoisotopic (exact) mass is 272 g/mol. The van der Waals surface area contributed by atoms with Crippen LogP contribution in [0.15, 0.2) is 12.2 Å². The molecule has 0 radical (unpaired) electrons. The molecule has 3 fully saturated rings. The molecule has 0 aromatic carbocycles. The van der Waals surface area contributed by atoms with Crippen LogP contribution in [0.25, 0.3) is 0 Å². The SMILES string of the molecule is C=C1C2(C(=O)N3CCCC(C#N)C3)CCC(C2)C1(C)C. The summed E-state index contributed by atoms with van der Waals surface area (Å²) in [6.45, 7) is 10.2. The number of carbonyl (C=O) groups is 1. The highest BCUT2D eigenvalue weighted by molar-refractivity contribution is 5.87. The van der Waals surface area contributed by atoms with E-state index < -0.39 is 0 Å². The minimum Gasteiger partial charge on any atom is -0.341 e. The highest BCUT2D eigenvalue weighted by Gasteiger charge is 2.61. The molecule has 1 heterocycles. The van der Waals surface area contributed by atoms with Gasteiger partial charge in [-0.15, -0.1) is 0 Å². The van der Waals surface area contributed by atoms with Crippen molar-refractivity contribution in [2.75, 3.05) is 13.1 Å². The lowest BCUT2D eigenvalue weighted by atomic mass is 9.68. The molecule has 0 aromatic rings. The predicted octanol–water partition coefficient (Wildman–Crippen LogP) is 3.13.